The summed E-state index contributed by atoms with van der Waals surface area (Å²) in [6.45, 7) is 3.77. The van der Waals surface area contributed by atoms with Gasteiger partial charge in [0, 0.05) is 24.2 Å². The third-order valence-electron chi connectivity index (χ3n) is 6.59. The Hall–Kier alpha value is -3.55. The summed E-state index contributed by atoms with van der Waals surface area (Å²) in [5.41, 5.74) is -1.84. The Morgan fingerprint density at radius 3 is 2.34 bits per heavy atom. The molecule has 1 aliphatic rings. The number of aromatic hydroxyl groups is 1. The number of hydrogen-bond acceptors (Lipinski definition) is 6. The minimum Gasteiger partial charge on any atom is -0.508 e. The predicted octanol–water partition coefficient (Wildman–Crippen LogP) is 7.87. The van der Waals surface area contributed by atoms with Crippen molar-refractivity contribution in [1.82, 2.24) is 9.97 Å². The summed E-state index contributed by atoms with van der Waals surface area (Å²) in [5.74, 6) is 0.0155. The second-order valence-corrected chi connectivity index (χ2v) is 10.2. The number of nitrogens with one attached hydrogen (secondary N) is 1. The van der Waals surface area contributed by atoms with Gasteiger partial charge >= 0.3 is 18.4 Å². The molecule has 0 saturated heterocycles. The third-order valence-corrected chi connectivity index (χ3v) is 7.26. The molecule has 0 saturated carbocycles. The van der Waals surface area contributed by atoms with Crippen LogP contribution in [0.1, 0.15) is 60.7 Å². The third kappa shape index (κ3) is 6.85. The Morgan fingerprint density at radius 1 is 1.10 bits per heavy atom. The Labute approximate surface area is 239 Å². The summed E-state index contributed by atoms with van der Waals surface area (Å²) in [7, 11) is 0. The van der Waals surface area contributed by atoms with Crippen LogP contribution in [0.3, 0.4) is 0 Å². The number of rotatable bonds is 6. The van der Waals surface area contributed by atoms with E-state index in [2.05, 4.69) is 31.2 Å². The van der Waals surface area contributed by atoms with E-state index in [4.69, 9.17) is 4.74 Å². The maximum Gasteiger partial charge on any atom is 0.416 e. The van der Waals surface area contributed by atoms with Crippen molar-refractivity contribution in [2.24, 2.45) is 0 Å². The lowest BCUT2D eigenvalue weighted by molar-refractivity contribution is -0.143. The van der Waals surface area contributed by atoms with E-state index in [0.717, 1.165) is 0 Å². The lowest BCUT2D eigenvalue weighted by Crippen LogP contribution is -2.46. The van der Waals surface area contributed by atoms with Crippen molar-refractivity contribution in [2.45, 2.75) is 57.5 Å². The van der Waals surface area contributed by atoms with Crippen molar-refractivity contribution in [2.75, 3.05) is 16.8 Å². The van der Waals surface area contributed by atoms with Crippen molar-refractivity contribution in [3.63, 3.8) is 0 Å². The molecule has 1 aliphatic heterocycles. The largest absolute Gasteiger partial charge is 0.508 e. The molecule has 2 N–H and O–H groups in total. The van der Waals surface area contributed by atoms with Crippen LogP contribution in [0.25, 0.3) is 0 Å². The van der Waals surface area contributed by atoms with Gasteiger partial charge in [0.1, 0.15) is 5.75 Å². The number of alkyl halides is 6. The summed E-state index contributed by atoms with van der Waals surface area (Å²) in [4.78, 5) is 22.9. The number of amides is 1. The number of carbonyl (C=O) groups is 1. The fraction of sp³-hybridized carbons (Fsp3) is 0.370. The average Bonchev–Trinajstić information content (AvgIpc) is 2.89. The zero-order valence-electron chi connectivity index (χ0n) is 21.8. The maximum absolute atomic E-state index is 13.3. The number of ether oxygens (including phenoxy) is 1. The van der Waals surface area contributed by atoms with Crippen LogP contribution in [-0.4, -0.2) is 33.8 Å². The van der Waals surface area contributed by atoms with Crippen molar-refractivity contribution >= 4 is 33.7 Å². The molecule has 2 unspecified atom stereocenters. The zero-order valence-corrected chi connectivity index (χ0v) is 23.4. The van der Waals surface area contributed by atoms with Crippen molar-refractivity contribution in [3.8, 4) is 5.75 Å². The Kier molecular flexibility index (Phi) is 8.71. The molecule has 0 spiro atoms. The molecule has 1 amide bonds. The van der Waals surface area contributed by atoms with Gasteiger partial charge in [-0.05, 0) is 77.7 Å². The Morgan fingerprint density at radius 2 is 1.76 bits per heavy atom. The van der Waals surface area contributed by atoms with Gasteiger partial charge < -0.3 is 15.2 Å². The van der Waals surface area contributed by atoms with Gasteiger partial charge in [-0.3, -0.25) is 4.90 Å². The molecule has 0 bridgehead atoms. The zero-order chi connectivity index (χ0) is 30.1. The lowest BCUT2D eigenvalue weighted by Gasteiger charge is -2.40. The highest BCUT2D eigenvalue weighted by Crippen LogP contribution is 2.42. The van der Waals surface area contributed by atoms with Crippen LogP contribution in [0.4, 0.5) is 42.8 Å². The van der Waals surface area contributed by atoms with E-state index < -0.39 is 35.6 Å². The maximum atomic E-state index is 13.3. The molecular formula is C27H25BrF6N4O3. The van der Waals surface area contributed by atoms with Crippen molar-refractivity contribution in [3.05, 3.63) is 75.0 Å². The number of halogens is 7. The molecule has 2 atom stereocenters. The molecule has 2 heterocycles. The normalized spacial score (nSPS) is 17.2. The molecule has 0 radical (unpaired) electrons. The van der Waals surface area contributed by atoms with E-state index in [1.54, 1.807) is 13.0 Å². The highest BCUT2D eigenvalue weighted by Gasteiger charge is 2.38. The molecule has 14 heteroatoms. The first kappa shape index (κ1) is 30.4. The molecule has 0 fully saturated rings. The molecular weight excluding hydrogens is 622 g/mol. The van der Waals surface area contributed by atoms with Gasteiger partial charge in [0.05, 0.1) is 39.6 Å². The minimum absolute atomic E-state index is 0.0447. The van der Waals surface area contributed by atoms with Crippen molar-refractivity contribution in [1.29, 1.82) is 0 Å². The van der Waals surface area contributed by atoms with Gasteiger partial charge in [-0.2, -0.15) is 26.3 Å². The Bertz CT molecular complexity index is 1400. The summed E-state index contributed by atoms with van der Waals surface area (Å²) in [5, 5.41) is 13.3. The van der Waals surface area contributed by atoms with Crippen LogP contribution >= 0.6 is 15.9 Å². The quantitative estimate of drug-likeness (QED) is 0.265. The molecule has 41 heavy (non-hydrogen) atoms. The van der Waals surface area contributed by atoms with Gasteiger partial charge in [-0.15, -0.1) is 0 Å². The van der Waals surface area contributed by atoms with Gasteiger partial charge in [0.15, 0.2) is 0 Å². The lowest BCUT2D eigenvalue weighted by atomic mass is 9.90. The number of phenolic OH excluding ortho intramolecular Hbond substituents is 1. The minimum atomic E-state index is -4.97. The second-order valence-electron chi connectivity index (χ2n) is 9.39. The van der Waals surface area contributed by atoms with Crippen molar-refractivity contribution < 1.29 is 41.0 Å². The van der Waals surface area contributed by atoms with Crippen LogP contribution in [0.5, 0.6) is 5.75 Å². The summed E-state index contributed by atoms with van der Waals surface area (Å²) in [6.07, 6.45) is -8.54. The summed E-state index contributed by atoms with van der Waals surface area (Å²) in [6, 6.07) is 5.14. The molecule has 4 rings (SSSR count). The number of anilines is 2. The van der Waals surface area contributed by atoms with Gasteiger partial charge in [-0.25, -0.2) is 14.8 Å². The number of hydrogen-bond donors (Lipinski definition) is 2. The first-order valence-corrected chi connectivity index (χ1v) is 13.4. The highest BCUT2D eigenvalue weighted by atomic mass is 79.9. The number of fused-ring (bicyclic) bond motifs is 1. The number of nitrogens with zero attached hydrogens (tertiary/aromatic N) is 3. The van der Waals surface area contributed by atoms with Crippen LogP contribution in [0, 0.1) is 0 Å². The SMILES string of the molecule is CCOC(=O)N1c2ccc(O)cc2C(Nc2ncc(Br)c(Cc3cc(C(F)(F)F)cc(C(F)(F)F)c3)n2)CC1CC. The highest BCUT2D eigenvalue weighted by molar-refractivity contribution is 9.10. The first-order valence-electron chi connectivity index (χ1n) is 12.6. The van der Waals surface area contributed by atoms with Crippen LogP contribution in [-0.2, 0) is 23.5 Å². The Balaban J connectivity index is 1.68. The van der Waals surface area contributed by atoms with Gasteiger partial charge in [0.2, 0.25) is 5.95 Å². The first-order chi connectivity index (χ1) is 19.2. The topological polar surface area (TPSA) is 87.6 Å². The molecule has 220 valence electrons. The standard InChI is InChI=1S/C27H25BrF6N4O3/c1-3-17-11-21(19-12-18(39)5-6-23(19)38(17)25(40)41-4-2)36-24-35-13-20(28)22(37-24)9-14-7-15(26(29,30)31)10-16(8-14)27(32,33)34/h5-8,10,12-13,17,21,39H,3-4,9,11H2,1-2H3,(H,35,36,37). The monoisotopic (exact) mass is 646 g/mol. The van der Waals surface area contributed by atoms with Crippen LogP contribution < -0.4 is 10.2 Å². The molecule has 0 aliphatic carbocycles. The number of aromatic nitrogens is 2. The van der Waals surface area contributed by atoms with Crippen LogP contribution in [0.15, 0.2) is 47.1 Å². The fourth-order valence-electron chi connectivity index (χ4n) is 4.73. The number of carbonyl (C=O) groups excluding carboxylic acids is 1. The van der Waals surface area contributed by atoms with E-state index in [1.165, 1.54) is 23.2 Å². The average molecular weight is 647 g/mol. The molecule has 3 aromatic rings. The molecule has 1 aromatic heterocycles. The summed E-state index contributed by atoms with van der Waals surface area (Å²) < 4.78 is 85.6. The van der Waals surface area contributed by atoms with E-state index >= 15 is 0 Å². The van der Waals surface area contributed by atoms with E-state index in [0.29, 0.717) is 36.2 Å². The summed E-state index contributed by atoms with van der Waals surface area (Å²) >= 11 is 3.24. The smallest absolute Gasteiger partial charge is 0.416 e. The number of benzene rings is 2. The molecule has 7 nitrogen and oxygen atoms in total. The van der Waals surface area contributed by atoms with E-state index in [-0.39, 0.29) is 52.6 Å². The second kappa shape index (κ2) is 11.7. The van der Waals surface area contributed by atoms with E-state index in [9.17, 15) is 36.2 Å². The predicted molar refractivity (Wildman–Crippen MR) is 142 cm³/mol. The fourth-order valence-corrected chi connectivity index (χ4v) is 5.07. The number of phenols is 1. The molecule has 2 aromatic carbocycles. The van der Waals surface area contributed by atoms with Gasteiger partial charge in [-0.1, -0.05) is 6.92 Å². The van der Waals surface area contributed by atoms with Gasteiger partial charge in [0.25, 0.3) is 0 Å². The van der Waals surface area contributed by atoms with E-state index in [1.807, 2.05) is 6.92 Å². The van der Waals surface area contributed by atoms with Crippen LogP contribution in [0.2, 0.25) is 0 Å².